The van der Waals surface area contributed by atoms with Gasteiger partial charge in [0, 0.05) is 38.8 Å². The molecule has 1 N–H and O–H groups in total. The van der Waals surface area contributed by atoms with E-state index in [1.165, 1.54) is 38.5 Å². The van der Waals surface area contributed by atoms with E-state index in [2.05, 4.69) is 21.9 Å². The summed E-state index contributed by atoms with van der Waals surface area (Å²) in [5, 5.41) is 3.72. The number of rotatable bonds is 5. The van der Waals surface area contributed by atoms with Gasteiger partial charge in [0.15, 0.2) is 5.79 Å². The first-order valence-corrected chi connectivity index (χ1v) is 9.28. The third-order valence-corrected chi connectivity index (χ3v) is 5.57. The Hall–Kier alpha value is -0.910. The Morgan fingerprint density at radius 3 is 2.74 bits per heavy atom. The van der Waals surface area contributed by atoms with E-state index in [1.54, 1.807) is 0 Å². The zero-order chi connectivity index (χ0) is 15.7. The molecule has 2 heterocycles. The van der Waals surface area contributed by atoms with Crippen LogP contribution in [-0.2, 0) is 16.5 Å². The zero-order valence-electron chi connectivity index (χ0n) is 14.2. The molecule has 5 heteroatoms. The van der Waals surface area contributed by atoms with Crippen LogP contribution in [0.25, 0.3) is 0 Å². The molecule has 4 rings (SSSR count). The molecule has 128 valence electrons. The molecule has 1 spiro atoms. The normalized spacial score (nSPS) is 28.8. The molecule has 0 aromatic carbocycles. The van der Waals surface area contributed by atoms with E-state index < -0.39 is 0 Å². The van der Waals surface area contributed by atoms with Crippen molar-refractivity contribution in [3.63, 3.8) is 0 Å². The first-order valence-electron chi connectivity index (χ1n) is 9.28. The number of hydrogen-bond donors (Lipinski definition) is 1. The maximum Gasteiger partial charge on any atom is 0.168 e. The van der Waals surface area contributed by atoms with Crippen molar-refractivity contribution < 1.29 is 9.47 Å². The van der Waals surface area contributed by atoms with Crippen LogP contribution >= 0.6 is 0 Å². The highest BCUT2D eigenvalue weighted by Crippen LogP contribution is 2.41. The Kier molecular flexibility index (Phi) is 4.43. The van der Waals surface area contributed by atoms with E-state index >= 15 is 0 Å². The lowest BCUT2D eigenvalue weighted by atomic mass is 10.1. The van der Waals surface area contributed by atoms with Crippen LogP contribution < -0.4 is 5.32 Å². The molecule has 1 aliphatic heterocycles. The fourth-order valence-corrected chi connectivity index (χ4v) is 4.08. The summed E-state index contributed by atoms with van der Waals surface area (Å²) in [6.07, 6.45) is 13.9. The quantitative estimate of drug-likeness (QED) is 0.906. The molecule has 1 aromatic heterocycles. The fraction of sp³-hybridized carbons (Fsp3) is 0.833. The highest BCUT2D eigenvalue weighted by molar-refractivity contribution is 5.05. The molecule has 0 amide bonds. The van der Waals surface area contributed by atoms with Gasteiger partial charge in [-0.05, 0) is 31.6 Å². The van der Waals surface area contributed by atoms with Crippen LogP contribution in [0.2, 0.25) is 0 Å². The van der Waals surface area contributed by atoms with Gasteiger partial charge >= 0.3 is 0 Å². The van der Waals surface area contributed by atoms with E-state index in [0.717, 1.165) is 37.7 Å². The molecule has 0 unspecified atom stereocenters. The molecular formula is C18H29N3O2. The third kappa shape index (κ3) is 3.47. The van der Waals surface area contributed by atoms with Crippen molar-refractivity contribution in [1.29, 1.82) is 0 Å². The van der Waals surface area contributed by atoms with E-state index in [0.29, 0.717) is 6.04 Å². The Bertz CT molecular complexity index is 518. The van der Waals surface area contributed by atoms with Crippen molar-refractivity contribution in [2.45, 2.75) is 69.3 Å². The van der Waals surface area contributed by atoms with Crippen LogP contribution in [0.5, 0.6) is 0 Å². The lowest BCUT2D eigenvalue weighted by Gasteiger charge is -2.27. The Morgan fingerprint density at radius 2 is 2.09 bits per heavy atom. The van der Waals surface area contributed by atoms with E-state index in [4.69, 9.17) is 9.47 Å². The number of aryl methyl sites for hydroxylation is 1. The van der Waals surface area contributed by atoms with Crippen LogP contribution in [0.3, 0.4) is 0 Å². The van der Waals surface area contributed by atoms with Gasteiger partial charge in [0.25, 0.3) is 0 Å². The molecular weight excluding hydrogens is 290 g/mol. The van der Waals surface area contributed by atoms with Gasteiger partial charge in [-0.15, -0.1) is 0 Å². The second kappa shape index (κ2) is 6.54. The number of aromatic nitrogens is 2. The lowest BCUT2D eigenvalue weighted by molar-refractivity contribution is -0.175. The van der Waals surface area contributed by atoms with Crippen molar-refractivity contribution in [2.75, 3.05) is 13.2 Å². The predicted octanol–water partition coefficient (Wildman–Crippen LogP) is 2.93. The molecule has 5 nitrogen and oxygen atoms in total. The second-order valence-electron chi connectivity index (χ2n) is 7.50. The number of hydrogen-bond acceptors (Lipinski definition) is 4. The molecule has 3 fully saturated rings. The van der Waals surface area contributed by atoms with Crippen molar-refractivity contribution in [3.8, 4) is 0 Å². The number of imidazole rings is 1. The first kappa shape index (κ1) is 15.6. The summed E-state index contributed by atoms with van der Waals surface area (Å²) in [4.78, 5) is 4.55. The number of nitrogens with zero attached hydrogens (tertiary/aromatic N) is 2. The summed E-state index contributed by atoms with van der Waals surface area (Å²) in [6.45, 7) is 1.58. The minimum absolute atomic E-state index is 0.176. The minimum Gasteiger partial charge on any atom is -0.347 e. The Labute approximate surface area is 138 Å². The van der Waals surface area contributed by atoms with Crippen LogP contribution in [0.4, 0.5) is 0 Å². The number of ether oxygens (including phenoxy) is 2. The summed E-state index contributed by atoms with van der Waals surface area (Å²) >= 11 is 0. The van der Waals surface area contributed by atoms with E-state index in [-0.39, 0.29) is 11.9 Å². The molecule has 23 heavy (non-hydrogen) atoms. The van der Waals surface area contributed by atoms with Gasteiger partial charge in [0.2, 0.25) is 0 Å². The van der Waals surface area contributed by atoms with Gasteiger partial charge in [-0.1, -0.05) is 12.8 Å². The molecule has 0 bridgehead atoms. The largest absolute Gasteiger partial charge is 0.347 e. The standard InChI is InChI=1S/C18H29N3O2/c1-21-11-10-19-17(21)16(14-6-7-14)20-12-15-13-22-18(23-15)8-4-2-3-5-9-18/h10-11,14-16,20H,2-9,12-13H2,1H3/t15-,16+/m0/s1. The molecule has 0 radical (unpaired) electrons. The average Bonchev–Trinajstić information content (AvgIpc) is 3.23. The third-order valence-electron chi connectivity index (χ3n) is 5.57. The second-order valence-corrected chi connectivity index (χ2v) is 7.50. The van der Waals surface area contributed by atoms with E-state index in [1.807, 2.05) is 12.4 Å². The smallest absolute Gasteiger partial charge is 0.168 e. The molecule has 3 aliphatic rings. The van der Waals surface area contributed by atoms with Gasteiger partial charge in [-0.25, -0.2) is 4.98 Å². The van der Waals surface area contributed by atoms with Gasteiger partial charge in [-0.2, -0.15) is 0 Å². The van der Waals surface area contributed by atoms with Gasteiger partial charge in [0.1, 0.15) is 5.82 Å². The summed E-state index contributed by atoms with van der Waals surface area (Å²) in [7, 11) is 2.08. The average molecular weight is 319 g/mol. The Balaban J connectivity index is 1.34. The van der Waals surface area contributed by atoms with Gasteiger partial charge in [-0.3, -0.25) is 0 Å². The minimum atomic E-state index is -0.277. The molecule has 1 aromatic rings. The van der Waals surface area contributed by atoms with Crippen LogP contribution in [0.15, 0.2) is 12.4 Å². The predicted molar refractivity (Wildman–Crippen MR) is 87.9 cm³/mol. The van der Waals surface area contributed by atoms with Crippen molar-refractivity contribution in [2.24, 2.45) is 13.0 Å². The van der Waals surface area contributed by atoms with Gasteiger partial charge in [0.05, 0.1) is 18.8 Å². The SMILES string of the molecule is Cn1ccnc1[C@H](NC[C@H]1COC2(CCCCCC2)O1)C1CC1. The van der Waals surface area contributed by atoms with Crippen molar-refractivity contribution in [3.05, 3.63) is 18.2 Å². The number of nitrogens with one attached hydrogen (secondary N) is 1. The summed E-state index contributed by atoms with van der Waals surface area (Å²) in [5.74, 6) is 1.60. The Morgan fingerprint density at radius 1 is 1.30 bits per heavy atom. The van der Waals surface area contributed by atoms with Crippen LogP contribution in [0.1, 0.15) is 63.2 Å². The monoisotopic (exact) mass is 319 g/mol. The van der Waals surface area contributed by atoms with Crippen LogP contribution in [-0.4, -0.2) is 34.6 Å². The first-order chi connectivity index (χ1) is 11.3. The molecule has 2 saturated carbocycles. The van der Waals surface area contributed by atoms with Gasteiger partial charge < -0.3 is 19.4 Å². The molecule has 2 atom stereocenters. The highest BCUT2D eigenvalue weighted by Gasteiger charge is 2.42. The molecule has 1 saturated heterocycles. The maximum atomic E-state index is 6.36. The fourth-order valence-electron chi connectivity index (χ4n) is 4.08. The zero-order valence-corrected chi connectivity index (χ0v) is 14.2. The van der Waals surface area contributed by atoms with E-state index in [9.17, 15) is 0 Å². The summed E-state index contributed by atoms with van der Waals surface area (Å²) in [5.41, 5.74) is 0. The summed E-state index contributed by atoms with van der Waals surface area (Å²) in [6, 6.07) is 0.351. The van der Waals surface area contributed by atoms with Crippen LogP contribution in [0, 0.1) is 5.92 Å². The molecule has 2 aliphatic carbocycles. The lowest BCUT2D eigenvalue weighted by Crippen LogP contribution is -2.36. The highest BCUT2D eigenvalue weighted by atomic mass is 16.7. The maximum absolute atomic E-state index is 6.36. The summed E-state index contributed by atoms with van der Waals surface area (Å²) < 4.78 is 14.6. The van der Waals surface area contributed by atoms with Crippen molar-refractivity contribution in [1.82, 2.24) is 14.9 Å². The van der Waals surface area contributed by atoms with Crippen molar-refractivity contribution >= 4 is 0 Å². The topological polar surface area (TPSA) is 48.3 Å².